The molecule has 3 heterocycles. The number of nitrogens with zero attached hydrogens (tertiary/aromatic N) is 2. The number of ether oxygens (including phenoxy) is 2. The van der Waals surface area contributed by atoms with E-state index in [4.69, 9.17) is 14.0 Å². The molecule has 3 N–H and O–H groups in total. The molecule has 0 aliphatic carbocycles. The number of hydrogen-bond acceptors (Lipinski definition) is 9. The minimum Gasteiger partial charge on any atom is -0.379 e. The van der Waals surface area contributed by atoms with Crippen LogP contribution < -0.4 is 16.0 Å². The standard InChI is InChI=1S/C24H37N5O7/c1-5-17(27-23(33)19-11-16(36-28-19)13-29-6-8-34-9-7-29)22(32)25-12-20(30)26-18(10-15(2)3)21(31)24(4)14-35-24/h11,15,17-18H,5-10,12-14H2,1-4H3,(H,25,32)(H,26,30)(H,27,33)/t17-,18-,24+/m0/s1. The molecule has 2 fully saturated rings. The summed E-state index contributed by atoms with van der Waals surface area (Å²) in [4.78, 5) is 52.5. The zero-order valence-corrected chi connectivity index (χ0v) is 21.4. The molecular weight excluding hydrogens is 470 g/mol. The summed E-state index contributed by atoms with van der Waals surface area (Å²) in [6, 6.07) is -0.00213. The van der Waals surface area contributed by atoms with Crippen LogP contribution in [-0.4, -0.2) is 90.7 Å². The number of morpholine rings is 1. The van der Waals surface area contributed by atoms with Crippen LogP contribution in [-0.2, 0) is 30.4 Å². The predicted octanol–water partition coefficient (Wildman–Crippen LogP) is 0.0203. The second kappa shape index (κ2) is 12.4. The molecule has 0 radical (unpaired) electrons. The number of hydrogen-bond donors (Lipinski definition) is 3. The molecule has 12 nitrogen and oxygen atoms in total. The van der Waals surface area contributed by atoms with Crippen LogP contribution in [0.2, 0.25) is 0 Å². The van der Waals surface area contributed by atoms with Gasteiger partial charge in [0, 0.05) is 19.2 Å². The maximum atomic E-state index is 12.7. The van der Waals surface area contributed by atoms with Crippen molar-refractivity contribution in [1.29, 1.82) is 0 Å². The van der Waals surface area contributed by atoms with Gasteiger partial charge in [0.1, 0.15) is 11.6 Å². The van der Waals surface area contributed by atoms with Gasteiger partial charge in [0.25, 0.3) is 5.91 Å². The minimum absolute atomic E-state index is 0.0769. The first-order valence-corrected chi connectivity index (χ1v) is 12.4. The number of ketones is 1. The summed E-state index contributed by atoms with van der Waals surface area (Å²) in [5, 5.41) is 11.7. The Bertz CT molecular complexity index is 937. The number of aromatic nitrogens is 1. The van der Waals surface area contributed by atoms with E-state index < -0.39 is 35.4 Å². The third-order valence-corrected chi connectivity index (χ3v) is 6.19. The minimum atomic E-state index is -0.864. The molecule has 0 saturated carbocycles. The molecule has 200 valence electrons. The summed E-state index contributed by atoms with van der Waals surface area (Å²) >= 11 is 0. The highest BCUT2D eigenvalue weighted by atomic mass is 16.6. The lowest BCUT2D eigenvalue weighted by Gasteiger charge is -2.25. The van der Waals surface area contributed by atoms with E-state index in [9.17, 15) is 19.2 Å². The molecule has 0 spiro atoms. The molecule has 0 bridgehead atoms. The number of rotatable bonds is 13. The second-order valence-electron chi connectivity index (χ2n) is 9.85. The van der Waals surface area contributed by atoms with Crippen molar-refractivity contribution in [3.8, 4) is 0 Å². The van der Waals surface area contributed by atoms with Crippen molar-refractivity contribution in [2.24, 2.45) is 5.92 Å². The average Bonchev–Trinajstić information content (AvgIpc) is 3.43. The third-order valence-electron chi connectivity index (χ3n) is 6.19. The van der Waals surface area contributed by atoms with E-state index in [1.165, 1.54) is 0 Å². The van der Waals surface area contributed by atoms with Crippen LogP contribution in [0.4, 0.5) is 0 Å². The smallest absolute Gasteiger partial charge is 0.274 e. The maximum absolute atomic E-state index is 12.7. The fourth-order valence-corrected chi connectivity index (χ4v) is 3.92. The maximum Gasteiger partial charge on any atom is 0.274 e. The molecule has 12 heteroatoms. The van der Waals surface area contributed by atoms with Crippen LogP contribution in [0.3, 0.4) is 0 Å². The molecule has 0 aromatic carbocycles. The summed E-state index contributed by atoms with van der Waals surface area (Å²) < 4.78 is 15.8. The van der Waals surface area contributed by atoms with Crippen molar-refractivity contribution in [3.05, 3.63) is 17.5 Å². The Labute approximate surface area is 210 Å². The number of carbonyl (C=O) groups is 4. The van der Waals surface area contributed by atoms with Gasteiger partial charge in [0.2, 0.25) is 11.8 Å². The van der Waals surface area contributed by atoms with Gasteiger partial charge in [-0.05, 0) is 25.7 Å². The number of carbonyl (C=O) groups excluding carboxylic acids is 4. The first-order valence-electron chi connectivity index (χ1n) is 12.4. The number of nitrogens with one attached hydrogen (secondary N) is 3. The highest BCUT2D eigenvalue weighted by Crippen LogP contribution is 2.29. The van der Waals surface area contributed by atoms with E-state index in [0.717, 1.165) is 13.1 Å². The highest BCUT2D eigenvalue weighted by molar-refractivity contribution is 5.98. The molecule has 1 aromatic heterocycles. The number of epoxide rings is 1. The van der Waals surface area contributed by atoms with Gasteiger partial charge in [-0.3, -0.25) is 24.1 Å². The van der Waals surface area contributed by atoms with Crippen molar-refractivity contribution in [3.63, 3.8) is 0 Å². The van der Waals surface area contributed by atoms with Crippen molar-refractivity contribution >= 4 is 23.5 Å². The number of Topliss-reactive ketones (excluding diaryl/α,β-unsaturated/α-hetero) is 1. The van der Waals surface area contributed by atoms with Crippen molar-refractivity contribution in [2.75, 3.05) is 39.5 Å². The Hall–Kier alpha value is -2.83. The van der Waals surface area contributed by atoms with Gasteiger partial charge < -0.3 is 29.9 Å². The van der Waals surface area contributed by atoms with E-state index in [0.29, 0.717) is 45.0 Å². The van der Waals surface area contributed by atoms with Crippen LogP contribution in [0.1, 0.15) is 56.8 Å². The Morgan fingerprint density at radius 1 is 1.14 bits per heavy atom. The molecule has 2 saturated heterocycles. The van der Waals surface area contributed by atoms with Gasteiger partial charge in [-0.1, -0.05) is 25.9 Å². The van der Waals surface area contributed by atoms with Crippen LogP contribution in [0, 0.1) is 5.92 Å². The Morgan fingerprint density at radius 2 is 1.83 bits per heavy atom. The van der Waals surface area contributed by atoms with Crippen molar-refractivity contribution in [1.82, 2.24) is 26.0 Å². The zero-order valence-electron chi connectivity index (χ0n) is 21.4. The van der Waals surface area contributed by atoms with Crippen molar-refractivity contribution in [2.45, 2.75) is 64.8 Å². The van der Waals surface area contributed by atoms with Crippen LogP contribution in [0.5, 0.6) is 0 Å². The van der Waals surface area contributed by atoms with E-state index in [1.807, 2.05) is 13.8 Å². The summed E-state index contributed by atoms with van der Waals surface area (Å²) in [5.41, 5.74) is -0.773. The molecule has 2 aliphatic heterocycles. The fourth-order valence-electron chi connectivity index (χ4n) is 3.92. The molecule has 36 heavy (non-hydrogen) atoms. The molecule has 1 aromatic rings. The van der Waals surface area contributed by atoms with Crippen molar-refractivity contribution < 1.29 is 33.2 Å². The summed E-state index contributed by atoms with van der Waals surface area (Å²) in [5.74, 6) is -0.984. The van der Waals surface area contributed by atoms with E-state index in [1.54, 1.807) is 19.9 Å². The number of amides is 3. The van der Waals surface area contributed by atoms with Gasteiger partial charge in [-0.25, -0.2) is 0 Å². The normalized spacial score (nSPS) is 21.5. The van der Waals surface area contributed by atoms with Gasteiger partial charge >= 0.3 is 0 Å². The summed E-state index contributed by atoms with van der Waals surface area (Å²) in [6.07, 6.45) is 0.776. The third kappa shape index (κ3) is 7.84. The second-order valence-corrected chi connectivity index (χ2v) is 9.85. The molecule has 0 unspecified atom stereocenters. The molecular formula is C24H37N5O7. The Morgan fingerprint density at radius 3 is 2.44 bits per heavy atom. The molecule has 3 rings (SSSR count). The van der Waals surface area contributed by atoms with E-state index in [2.05, 4.69) is 26.0 Å². The fraction of sp³-hybridized carbons (Fsp3) is 0.708. The Balaban J connectivity index is 1.47. The lowest BCUT2D eigenvalue weighted by atomic mass is 9.93. The topological polar surface area (TPSA) is 155 Å². The molecule has 3 atom stereocenters. The van der Waals surface area contributed by atoms with Gasteiger partial charge in [0.15, 0.2) is 17.2 Å². The predicted molar refractivity (Wildman–Crippen MR) is 128 cm³/mol. The van der Waals surface area contributed by atoms with E-state index in [-0.39, 0.29) is 23.9 Å². The first kappa shape index (κ1) is 27.8. The average molecular weight is 508 g/mol. The van der Waals surface area contributed by atoms with Gasteiger partial charge in [-0.2, -0.15) is 0 Å². The monoisotopic (exact) mass is 507 g/mol. The quantitative estimate of drug-likeness (QED) is 0.313. The summed E-state index contributed by atoms with van der Waals surface area (Å²) in [6.45, 7) is 10.7. The Kier molecular flexibility index (Phi) is 9.57. The lowest BCUT2D eigenvalue weighted by molar-refractivity contribution is -0.131. The van der Waals surface area contributed by atoms with Gasteiger partial charge in [-0.15, -0.1) is 0 Å². The zero-order chi connectivity index (χ0) is 26.3. The van der Waals surface area contributed by atoms with Crippen LogP contribution >= 0.6 is 0 Å². The summed E-state index contributed by atoms with van der Waals surface area (Å²) in [7, 11) is 0. The van der Waals surface area contributed by atoms with Crippen LogP contribution in [0.25, 0.3) is 0 Å². The highest BCUT2D eigenvalue weighted by Gasteiger charge is 2.50. The largest absolute Gasteiger partial charge is 0.379 e. The SMILES string of the molecule is CC[C@H](NC(=O)c1cc(CN2CCOCC2)on1)C(=O)NCC(=O)N[C@@H](CC(C)C)C(=O)[C@@]1(C)CO1. The van der Waals surface area contributed by atoms with Crippen LogP contribution in [0.15, 0.2) is 10.6 Å². The van der Waals surface area contributed by atoms with Gasteiger partial charge in [0.05, 0.1) is 39.0 Å². The first-order chi connectivity index (χ1) is 17.1. The molecule has 2 aliphatic rings. The lowest BCUT2D eigenvalue weighted by Crippen LogP contribution is -2.52. The molecule has 3 amide bonds. The van der Waals surface area contributed by atoms with E-state index >= 15 is 0 Å².